The Morgan fingerprint density at radius 1 is 1.56 bits per heavy atom. The Labute approximate surface area is 96.1 Å². The van der Waals surface area contributed by atoms with Crippen molar-refractivity contribution in [2.24, 2.45) is 5.92 Å². The highest BCUT2D eigenvalue weighted by Crippen LogP contribution is 2.08. The van der Waals surface area contributed by atoms with Crippen LogP contribution in [-0.2, 0) is 6.54 Å². The maximum atomic E-state index is 9.63. The second-order valence-corrected chi connectivity index (χ2v) is 4.42. The van der Waals surface area contributed by atoms with Gasteiger partial charge >= 0.3 is 0 Å². The third-order valence-electron chi connectivity index (χ3n) is 3.17. The second kappa shape index (κ2) is 5.39. The van der Waals surface area contributed by atoms with Crippen molar-refractivity contribution in [3.63, 3.8) is 0 Å². The van der Waals surface area contributed by atoms with Crippen LogP contribution in [0.15, 0.2) is 18.5 Å². The molecule has 0 radical (unpaired) electrons. The SMILES string of the molecule is Cc1ccncc1CNCC1CNCC1O. The van der Waals surface area contributed by atoms with Crippen LogP contribution in [0, 0.1) is 12.8 Å². The smallest absolute Gasteiger partial charge is 0.0716 e. The molecule has 1 saturated heterocycles. The summed E-state index contributed by atoms with van der Waals surface area (Å²) in [5.74, 6) is 0.331. The van der Waals surface area contributed by atoms with Crippen LogP contribution in [-0.4, -0.2) is 35.8 Å². The molecule has 0 bridgehead atoms. The van der Waals surface area contributed by atoms with E-state index in [2.05, 4.69) is 22.5 Å². The van der Waals surface area contributed by atoms with E-state index in [4.69, 9.17) is 0 Å². The highest BCUT2D eigenvalue weighted by atomic mass is 16.3. The predicted octanol–water partition coefficient (Wildman–Crippen LogP) is 0.0599. The summed E-state index contributed by atoms with van der Waals surface area (Å²) < 4.78 is 0. The van der Waals surface area contributed by atoms with Gasteiger partial charge in [0.05, 0.1) is 6.10 Å². The lowest BCUT2D eigenvalue weighted by atomic mass is 10.1. The van der Waals surface area contributed by atoms with Gasteiger partial charge in [0.2, 0.25) is 0 Å². The van der Waals surface area contributed by atoms with Crippen molar-refractivity contribution < 1.29 is 5.11 Å². The maximum absolute atomic E-state index is 9.63. The molecule has 88 valence electrons. The summed E-state index contributed by atoms with van der Waals surface area (Å²) >= 11 is 0. The third-order valence-corrected chi connectivity index (χ3v) is 3.17. The van der Waals surface area contributed by atoms with Crippen LogP contribution in [0.4, 0.5) is 0 Å². The first-order valence-corrected chi connectivity index (χ1v) is 5.76. The molecular formula is C12H19N3O. The van der Waals surface area contributed by atoms with E-state index < -0.39 is 0 Å². The zero-order chi connectivity index (χ0) is 11.4. The molecule has 0 amide bonds. The fourth-order valence-corrected chi connectivity index (χ4v) is 2.00. The van der Waals surface area contributed by atoms with Crippen LogP contribution < -0.4 is 10.6 Å². The minimum absolute atomic E-state index is 0.206. The lowest BCUT2D eigenvalue weighted by molar-refractivity contribution is 0.146. The van der Waals surface area contributed by atoms with Crippen LogP contribution in [0.25, 0.3) is 0 Å². The van der Waals surface area contributed by atoms with E-state index >= 15 is 0 Å². The normalized spacial score (nSPS) is 24.9. The van der Waals surface area contributed by atoms with E-state index in [0.717, 1.165) is 26.2 Å². The largest absolute Gasteiger partial charge is 0.391 e. The summed E-state index contributed by atoms with van der Waals surface area (Å²) in [6, 6.07) is 2.02. The molecule has 2 rings (SSSR count). The van der Waals surface area contributed by atoms with Gasteiger partial charge < -0.3 is 15.7 Å². The number of hydrogen-bond donors (Lipinski definition) is 3. The van der Waals surface area contributed by atoms with Crippen molar-refractivity contribution in [3.8, 4) is 0 Å². The summed E-state index contributed by atoms with van der Waals surface area (Å²) in [5, 5.41) is 16.2. The highest BCUT2D eigenvalue weighted by molar-refractivity contribution is 5.20. The van der Waals surface area contributed by atoms with E-state index in [0.29, 0.717) is 5.92 Å². The molecule has 2 heterocycles. The van der Waals surface area contributed by atoms with Gasteiger partial charge in [-0.15, -0.1) is 0 Å². The van der Waals surface area contributed by atoms with Gasteiger partial charge in [0.25, 0.3) is 0 Å². The van der Waals surface area contributed by atoms with Gasteiger partial charge in [-0.2, -0.15) is 0 Å². The molecule has 2 unspecified atom stereocenters. The fourth-order valence-electron chi connectivity index (χ4n) is 2.00. The van der Waals surface area contributed by atoms with Crippen molar-refractivity contribution in [2.45, 2.75) is 19.6 Å². The third kappa shape index (κ3) is 2.78. The molecule has 1 aliphatic heterocycles. The van der Waals surface area contributed by atoms with E-state index in [1.165, 1.54) is 11.1 Å². The molecule has 16 heavy (non-hydrogen) atoms. The lowest BCUT2D eigenvalue weighted by Gasteiger charge is -2.14. The number of aliphatic hydroxyl groups excluding tert-OH is 1. The monoisotopic (exact) mass is 221 g/mol. The zero-order valence-corrected chi connectivity index (χ0v) is 9.61. The van der Waals surface area contributed by atoms with Crippen molar-refractivity contribution in [3.05, 3.63) is 29.6 Å². The maximum Gasteiger partial charge on any atom is 0.0716 e. The number of aliphatic hydroxyl groups is 1. The number of β-amino-alcohol motifs (C(OH)–C–C–N with tert-alkyl or cyclic N) is 1. The molecule has 1 aromatic rings. The molecule has 1 fully saturated rings. The molecule has 4 nitrogen and oxygen atoms in total. The quantitative estimate of drug-likeness (QED) is 0.673. The van der Waals surface area contributed by atoms with Gasteiger partial charge in [0.1, 0.15) is 0 Å². The number of aromatic nitrogens is 1. The number of rotatable bonds is 4. The first-order chi connectivity index (χ1) is 7.77. The lowest BCUT2D eigenvalue weighted by Crippen LogP contribution is -2.30. The minimum Gasteiger partial charge on any atom is -0.391 e. The van der Waals surface area contributed by atoms with E-state index in [1.54, 1.807) is 0 Å². The first-order valence-electron chi connectivity index (χ1n) is 5.76. The van der Waals surface area contributed by atoms with Gasteiger partial charge in [0, 0.05) is 44.5 Å². The Balaban J connectivity index is 1.78. The Kier molecular flexibility index (Phi) is 3.88. The molecule has 0 aliphatic carbocycles. The summed E-state index contributed by atoms with van der Waals surface area (Å²) in [4.78, 5) is 4.11. The molecule has 4 heteroatoms. The van der Waals surface area contributed by atoms with Crippen LogP contribution in [0.1, 0.15) is 11.1 Å². The number of pyridine rings is 1. The number of aryl methyl sites for hydroxylation is 1. The van der Waals surface area contributed by atoms with Crippen molar-refractivity contribution in [1.82, 2.24) is 15.6 Å². The van der Waals surface area contributed by atoms with Crippen LogP contribution >= 0.6 is 0 Å². The Hall–Kier alpha value is -0.970. The molecule has 1 aliphatic rings. The number of hydrogen-bond acceptors (Lipinski definition) is 4. The van der Waals surface area contributed by atoms with E-state index in [1.807, 2.05) is 18.5 Å². The van der Waals surface area contributed by atoms with E-state index in [-0.39, 0.29) is 6.10 Å². The summed E-state index contributed by atoms with van der Waals surface area (Å²) in [6.45, 7) is 5.38. The predicted molar refractivity (Wildman–Crippen MR) is 63.0 cm³/mol. The number of nitrogens with one attached hydrogen (secondary N) is 2. The molecule has 3 N–H and O–H groups in total. The number of nitrogens with zero attached hydrogens (tertiary/aromatic N) is 1. The zero-order valence-electron chi connectivity index (χ0n) is 9.61. The molecule has 0 saturated carbocycles. The fraction of sp³-hybridized carbons (Fsp3) is 0.583. The van der Waals surface area contributed by atoms with Gasteiger partial charge in [-0.3, -0.25) is 4.98 Å². The Bertz CT molecular complexity index is 343. The van der Waals surface area contributed by atoms with Gasteiger partial charge in [-0.25, -0.2) is 0 Å². The first kappa shape index (κ1) is 11.5. The topological polar surface area (TPSA) is 57.2 Å². The molecule has 1 aromatic heterocycles. The van der Waals surface area contributed by atoms with Gasteiger partial charge in [-0.1, -0.05) is 0 Å². The van der Waals surface area contributed by atoms with Crippen molar-refractivity contribution in [1.29, 1.82) is 0 Å². The highest BCUT2D eigenvalue weighted by Gasteiger charge is 2.23. The van der Waals surface area contributed by atoms with Gasteiger partial charge in [-0.05, 0) is 24.1 Å². The van der Waals surface area contributed by atoms with Gasteiger partial charge in [0.15, 0.2) is 0 Å². The summed E-state index contributed by atoms with van der Waals surface area (Å²) in [6.07, 6.45) is 3.50. The molecule has 2 atom stereocenters. The molecular weight excluding hydrogens is 202 g/mol. The average Bonchev–Trinajstić information content (AvgIpc) is 2.67. The van der Waals surface area contributed by atoms with Crippen LogP contribution in [0.3, 0.4) is 0 Å². The molecule has 0 spiro atoms. The Morgan fingerprint density at radius 2 is 2.44 bits per heavy atom. The van der Waals surface area contributed by atoms with Crippen molar-refractivity contribution >= 4 is 0 Å². The Morgan fingerprint density at radius 3 is 3.12 bits per heavy atom. The average molecular weight is 221 g/mol. The van der Waals surface area contributed by atoms with E-state index in [9.17, 15) is 5.11 Å². The summed E-state index contributed by atoms with van der Waals surface area (Å²) in [7, 11) is 0. The summed E-state index contributed by atoms with van der Waals surface area (Å²) in [5.41, 5.74) is 2.48. The van der Waals surface area contributed by atoms with Crippen molar-refractivity contribution in [2.75, 3.05) is 19.6 Å². The second-order valence-electron chi connectivity index (χ2n) is 4.42. The standard InChI is InChI=1S/C12H19N3O/c1-9-2-3-13-4-10(9)5-14-6-11-7-15-8-12(11)16/h2-4,11-12,14-16H,5-8H2,1H3. The molecule has 0 aromatic carbocycles. The van der Waals surface area contributed by atoms with Crippen LogP contribution in [0.5, 0.6) is 0 Å². The van der Waals surface area contributed by atoms with Crippen LogP contribution in [0.2, 0.25) is 0 Å². The minimum atomic E-state index is -0.206.